The first-order valence-corrected chi connectivity index (χ1v) is 7.38. The van der Waals surface area contributed by atoms with Gasteiger partial charge in [-0.15, -0.1) is 0 Å². The molecule has 7 nitrogen and oxygen atoms in total. The molecule has 1 saturated carbocycles. The van der Waals surface area contributed by atoms with Gasteiger partial charge in [0, 0.05) is 17.7 Å². The van der Waals surface area contributed by atoms with Crippen molar-refractivity contribution in [2.24, 2.45) is 0 Å². The number of ether oxygens (including phenoxy) is 1. The van der Waals surface area contributed by atoms with Gasteiger partial charge in [-0.25, -0.2) is 14.3 Å². The van der Waals surface area contributed by atoms with Gasteiger partial charge in [-0.1, -0.05) is 6.07 Å². The number of fused-ring (bicyclic) bond motifs is 1. The van der Waals surface area contributed by atoms with Crippen molar-refractivity contribution in [3.63, 3.8) is 0 Å². The van der Waals surface area contributed by atoms with Gasteiger partial charge in [0.2, 0.25) is 5.88 Å². The molecule has 3 heterocycles. The summed E-state index contributed by atoms with van der Waals surface area (Å²) in [7, 11) is 1.53. The summed E-state index contributed by atoms with van der Waals surface area (Å²) in [5.41, 5.74) is 6.84. The molecule has 1 fully saturated rings. The molecular weight excluding hydrogens is 294 g/mol. The van der Waals surface area contributed by atoms with Crippen molar-refractivity contribution in [1.82, 2.24) is 19.5 Å². The molecule has 3 aromatic rings. The van der Waals surface area contributed by atoms with E-state index in [9.17, 15) is 4.79 Å². The van der Waals surface area contributed by atoms with Gasteiger partial charge >= 0.3 is 5.69 Å². The quantitative estimate of drug-likeness (QED) is 0.790. The van der Waals surface area contributed by atoms with Gasteiger partial charge in [0.1, 0.15) is 11.6 Å². The minimum absolute atomic E-state index is 0.180. The maximum atomic E-state index is 12.4. The Labute approximate surface area is 131 Å². The molecule has 1 aliphatic carbocycles. The van der Waals surface area contributed by atoms with E-state index in [0.29, 0.717) is 28.6 Å². The number of pyridine rings is 2. The molecule has 7 heteroatoms. The molecule has 0 unspecified atom stereocenters. The molecule has 1 aliphatic rings. The van der Waals surface area contributed by atoms with Crippen LogP contribution in [0.5, 0.6) is 5.88 Å². The molecule has 2 N–H and O–H groups in total. The Bertz CT molecular complexity index is 962. The number of methoxy groups -OCH3 is 1. The number of aromatic nitrogens is 4. The highest BCUT2D eigenvalue weighted by molar-refractivity contribution is 5.86. The van der Waals surface area contributed by atoms with Gasteiger partial charge in [-0.05, 0) is 31.0 Å². The Morgan fingerprint density at radius 3 is 2.74 bits per heavy atom. The number of nitrogens with zero attached hydrogens (tertiary/aromatic N) is 4. The summed E-state index contributed by atoms with van der Waals surface area (Å²) in [6.45, 7) is 0. The average Bonchev–Trinajstić information content (AvgIpc) is 3.39. The van der Waals surface area contributed by atoms with E-state index in [4.69, 9.17) is 10.5 Å². The first kappa shape index (κ1) is 13.7. The van der Waals surface area contributed by atoms with Crippen molar-refractivity contribution in [2.45, 2.75) is 18.8 Å². The van der Waals surface area contributed by atoms with E-state index in [2.05, 4.69) is 15.0 Å². The maximum Gasteiger partial charge on any atom is 0.357 e. The second-order valence-corrected chi connectivity index (χ2v) is 5.53. The zero-order chi connectivity index (χ0) is 16.0. The van der Waals surface area contributed by atoms with Crippen LogP contribution < -0.4 is 16.2 Å². The second-order valence-electron chi connectivity index (χ2n) is 5.53. The molecule has 0 amide bonds. The third-order valence-corrected chi connectivity index (χ3v) is 3.93. The van der Waals surface area contributed by atoms with Crippen LogP contribution in [0.15, 0.2) is 35.1 Å². The van der Waals surface area contributed by atoms with Crippen molar-refractivity contribution < 1.29 is 4.74 Å². The van der Waals surface area contributed by atoms with E-state index in [0.717, 1.165) is 18.5 Å². The molecule has 4 rings (SSSR count). The number of nitrogen functional groups attached to an aromatic ring is 1. The molecule has 0 bridgehead atoms. The normalized spacial score (nSPS) is 14.1. The topological polar surface area (TPSA) is 95.9 Å². The highest BCUT2D eigenvalue weighted by Gasteiger charge is 2.26. The fourth-order valence-corrected chi connectivity index (χ4v) is 2.59. The first-order valence-electron chi connectivity index (χ1n) is 7.38. The smallest absolute Gasteiger partial charge is 0.357 e. The Morgan fingerprint density at radius 2 is 2.00 bits per heavy atom. The fraction of sp³-hybridized carbons (Fsp3) is 0.250. The van der Waals surface area contributed by atoms with Gasteiger partial charge in [-0.3, -0.25) is 0 Å². The van der Waals surface area contributed by atoms with E-state index in [1.165, 1.54) is 11.7 Å². The fourth-order valence-electron chi connectivity index (χ4n) is 2.59. The molecule has 0 aliphatic heterocycles. The molecule has 23 heavy (non-hydrogen) atoms. The highest BCUT2D eigenvalue weighted by Crippen LogP contribution is 2.39. The summed E-state index contributed by atoms with van der Waals surface area (Å²) < 4.78 is 6.51. The molecular formula is C16H15N5O2. The third kappa shape index (κ3) is 2.30. The summed E-state index contributed by atoms with van der Waals surface area (Å²) in [6.07, 6.45) is 2.25. The Hall–Kier alpha value is -2.96. The first-order chi connectivity index (χ1) is 11.2. The van der Waals surface area contributed by atoms with Crippen LogP contribution in [0.2, 0.25) is 0 Å². The zero-order valence-electron chi connectivity index (χ0n) is 12.6. The summed E-state index contributed by atoms with van der Waals surface area (Å²) in [6, 6.07) is 9.01. The van der Waals surface area contributed by atoms with Crippen LogP contribution in [-0.4, -0.2) is 26.6 Å². The van der Waals surface area contributed by atoms with Crippen LogP contribution in [0, 0.1) is 0 Å². The Balaban J connectivity index is 2.03. The van der Waals surface area contributed by atoms with Gasteiger partial charge in [0.15, 0.2) is 5.65 Å². The van der Waals surface area contributed by atoms with Gasteiger partial charge in [0.25, 0.3) is 0 Å². The summed E-state index contributed by atoms with van der Waals surface area (Å²) in [5, 5.41) is 0.638. The lowest BCUT2D eigenvalue weighted by Crippen LogP contribution is -2.24. The minimum atomic E-state index is -0.504. The van der Waals surface area contributed by atoms with Crippen LogP contribution in [0.25, 0.3) is 16.9 Å². The van der Waals surface area contributed by atoms with Crippen LogP contribution in [-0.2, 0) is 0 Å². The van der Waals surface area contributed by atoms with Crippen molar-refractivity contribution in [1.29, 1.82) is 0 Å². The van der Waals surface area contributed by atoms with E-state index in [1.54, 1.807) is 18.2 Å². The molecule has 3 aromatic heterocycles. The predicted molar refractivity (Wildman–Crippen MR) is 85.9 cm³/mol. The largest absolute Gasteiger partial charge is 0.481 e. The van der Waals surface area contributed by atoms with Crippen molar-refractivity contribution in [3.8, 4) is 11.7 Å². The SMILES string of the molecule is COc1cccc(-n2c(=O)nc(N)c3ccc(C4CC4)nc32)n1. The van der Waals surface area contributed by atoms with Crippen LogP contribution >= 0.6 is 0 Å². The van der Waals surface area contributed by atoms with Gasteiger partial charge < -0.3 is 10.5 Å². The maximum absolute atomic E-state index is 12.4. The van der Waals surface area contributed by atoms with Crippen LogP contribution in [0.3, 0.4) is 0 Å². The van der Waals surface area contributed by atoms with Gasteiger partial charge in [0.05, 0.1) is 12.5 Å². The number of hydrogen-bond donors (Lipinski definition) is 1. The minimum Gasteiger partial charge on any atom is -0.481 e. The van der Waals surface area contributed by atoms with Crippen LogP contribution in [0.4, 0.5) is 5.82 Å². The lowest BCUT2D eigenvalue weighted by molar-refractivity contribution is 0.397. The third-order valence-electron chi connectivity index (χ3n) is 3.93. The summed E-state index contributed by atoms with van der Waals surface area (Å²) in [4.78, 5) is 25.3. The standard InChI is InChI=1S/C16H15N5O2/c1-23-13-4-2-3-12(19-13)21-15-10(14(17)20-16(21)22)7-8-11(18-15)9-5-6-9/h2-4,7-9H,5-6H2,1H3,(H2,17,20,22). The number of anilines is 1. The molecule has 0 radical (unpaired) electrons. The molecule has 116 valence electrons. The van der Waals surface area contributed by atoms with E-state index in [1.807, 2.05) is 12.1 Å². The number of rotatable bonds is 3. The van der Waals surface area contributed by atoms with E-state index in [-0.39, 0.29) is 5.82 Å². The number of nitrogens with two attached hydrogens (primary N) is 1. The highest BCUT2D eigenvalue weighted by atomic mass is 16.5. The lowest BCUT2D eigenvalue weighted by Gasteiger charge is -2.11. The monoisotopic (exact) mass is 309 g/mol. The van der Waals surface area contributed by atoms with Crippen molar-refractivity contribution in [2.75, 3.05) is 12.8 Å². The molecule has 0 spiro atoms. The van der Waals surface area contributed by atoms with E-state index >= 15 is 0 Å². The summed E-state index contributed by atoms with van der Waals surface area (Å²) >= 11 is 0. The molecule has 0 atom stereocenters. The van der Waals surface area contributed by atoms with Crippen LogP contribution in [0.1, 0.15) is 24.5 Å². The molecule has 0 aromatic carbocycles. The van der Waals surface area contributed by atoms with E-state index < -0.39 is 5.69 Å². The zero-order valence-corrected chi connectivity index (χ0v) is 12.6. The number of hydrogen-bond acceptors (Lipinski definition) is 6. The predicted octanol–water partition coefficient (Wildman–Crippen LogP) is 1.64. The van der Waals surface area contributed by atoms with Gasteiger partial charge in [-0.2, -0.15) is 9.97 Å². The average molecular weight is 309 g/mol. The molecule has 0 saturated heterocycles. The van der Waals surface area contributed by atoms with Crippen molar-refractivity contribution in [3.05, 3.63) is 46.5 Å². The Morgan fingerprint density at radius 1 is 1.17 bits per heavy atom. The summed E-state index contributed by atoms with van der Waals surface area (Å²) in [5.74, 6) is 1.47. The lowest BCUT2D eigenvalue weighted by atomic mass is 10.2. The second kappa shape index (κ2) is 5.05. The van der Waals surface area contributed by atoms with Crippen molar-refractivity contribution >= 4 is 16.9 Å². The Kier molecular flexibility index (Phi) is 3.00.